The normalized spacial score (nSPS) is 8.75. The van der Waals surface area contributed by atoms with E-state index in [1.54, 1.807) is 0 Å². The van der Waals surface area contributed by atoms with Crippen molar-refractivity contribution in [2.24, 2.45) is 0 Å². The highest BCUT2D eigenvalue weighted by molar-refractivity contribution is 5.58. The Morgan fingerprint density at radius 3 is 2.25 bits per heavy atom. The first-order chi connectivity index (χ1) is 5.66. The first-order valence-corrected chi connectivity index (χ1v) is 3.00. The molecule has 0 atom stereocenters. The van der Waals surface area contributed by atoms with Crippen LogP contribution in [-0.2, 0) is 14.4 Å². The zero-order chi connectivity index (χ0) is 9.40. The van der Waals surface area contributed by atoms with Gasteiger partial charge in [-0.25, -0.2) is 9.59 Å². The quantitative estimate of drug-likeness (QED) is 0.284. The Balaban J connectivity index is 3.11. The number of carbonyl (C=O) groups excluding carboxylic acids is 1. The van der Waals surface area contributed by atoms with Crippen molar-refractivity contribution in [1.82, 2.24) is 0 Å². The lowest BCUT2D eigenvalue weighted by Gasteiger charge is -2.00. The molecule has 0 aromatic rings. The zero-order valence-electron chi connectivity index (χ0n) is 6.06. The highest BCUT2D eigenvalue weighted by Crippen LogP contribution is 1.88. The Labute approximate surface area is 67.4 Å². The third kappa shape index (κ3) is 6.62. The van der Waals surface area contributed by atoms with Crippen LogP contribution in [-0.4, -0.2) is 35.9 Å². The number of carboxylic acid groups (broad SMARTS) is 1. The summed E-state index contributed by atoms with van der Waals surface area (Å²) in [4.78, 5) is 23.0. The van der Waals surface area contributed by atoms with Crippen LogP contribution in [0.2, 0.25) is 0 Å². The van der Waals surface area contributed by atoms with Crippen molar-refractivity contribution >= 4 is 12.3 Å². The summed E-state index contributed by atoms with van der Waals surface area (Å²) in [7, 11) is 0. The molecule has 0 aliphatic carbocycles. The van der Waals surface area contributed by atoms with Gasteiger partial charge < -0.3 is 14.6 Å². The molecule has 0 aromatic heterocycles. The molecule has 0 saturated carbocycles. The molecule has 0 aliphatic heterocycles. The van der Waals surface area contributed by atoms with E-state index >= 15 is 0 Å². The number of rotatable bonds is 4. The maximum absolute atomic E-state index is 10.1. The largest absolute Gasteiger partial charge is 0.540 e. The van der Waals surface area contributed by atoms with E-state index in [4.69, 9.17) is 10.4 Å². The van der Waals surface area contributed by atoms with Gasteiger partial charge in [0.05, 0.1) is 13.2 Å². The summed E-state index contributed by atoms with van der Waals surface area (Å²) in [5.41, 5.74) is 0. The van der Waals surface area contributed by atoms with E-state index in [0.29, 0.717) is 0 Å². The lowest BCUT2D eigenvalue weighted by molar-refractivity contribution is -0.200. The van der Waals surface area contributed by atoms with Crippen LogP contribution in [0.25, 0.3) is 0 Å². The van der Waals surface area contributed by atoms with Gasteiger partial charge in [0.2, 0.25) is 0 Å². The predicted octanol–water partition coefficient (Wildman–Crippen LogP) is 0.697. The van der Waals surface area contributed by atoms with Crippen molar-refractivity contribution in [2.45, 2.75) is 6.42 Å². The highest BCUT2D eigenvalue weighted by atomic mass is 17.1. The lowest BCUT2D eigenvalue weighted by Crippen LogP contribution is -2.09. The van der Waals surface area contributed by atoms with Gasteiger partial charge in [-0.05, 0) is 0 Å². The van der Waals surface area contributed by atoms with Crippen LogP contribution >= 0.6 is 0 Å². The van der Waals surface area contributed by atoms with Crippen molar-refractivity contribution in [1.29, 1.82) is 0 Å². The standard InChI is InChI=1S/C5H8O7/c6-4(7)10-2-1-3-11-5(8)12-9/h9H,1-3H2,(H,6,7). The first-order valence-electron chi connectivity index (χ1n) is 3.00. The fraction of sp³-hybridized carbons (Fsp3) is 0.600. The highest BCUT2D eigenvalue weighted by Gasteiger charge is 2.01. The molecule has 0 saturated heterocycles. The molecule has 0 fully saturated rings. The van der Waals surface area contributed by atoms with Crippen LogP contribution in [0, 0.1) is 0 Å². The van der Waals surface area contributed by atoms with E-state index in [2.05, 4.69) is 14.4 Å². The van der Waals surface area contributed by atoms with Crippen molar-refractivity contribution in [2.75, 3.05) is 13.2 Å². The number of carbonyl (C=O) groups is 2. The van der Waals surface area contributed by atoms with Gasteiger partial charge in [0.1, 0.15) is 0 Å². The van der Waals surface area contributed by atoms with E-state index in [-0.39, 0.29) is 19.6 Å². The maximum atomic E-state index is 10.1. The Bertz CT molecular complexity index is 154. The minimum atomic E-state index is -1.39. The molecule has 0 rings (SSSR count). The molecule has 2 N–H and O–H groups in total. The topological polar surface area (TPSA) is 102 Å². The van der Waals surface area contributed by atoms with E-state index < -0.39 is 12.3 Å². The summed E-state index contributed by atoms with van der Waals surface area (Å²) in [6.45, 7) is -0.152. The smallest absolute Gasteiger partial charge is 0.450 e. The molecular weight excluding hydrogens is 172 g/mol. The Kier molecular flexibility index (Phi) is 5.45. The van der Waals surface area contributed by atoms with E-state index in [9.17, 15) is 9.59 Å². The molecule has 0 radical (unpaired) electrons. The number of hydrogen-bond acceptors (Lipinski definition) is 6. The Hall–Kier alpha value is -1.50. The fourth-order valence-corrected chi connectivity index (χ4v) is 0.400. The van der Waals surface area contributed by atoms with Crippen LogP contribution in [0.1, 0.15) is 6.42 Å². The minimum Gasteiger partial charge on any atom is -0.450 e. The summed E-state index contributed by atoms with van der Waals surface area (Å²) in [6, 6.07) is 0. The van der Waals surface area contributed by atoms with Crippen LogP contribution in [0.15, 0.2) is 0 Å². The average Bonchev–Trinajstić information content (AvgIpc) is 2.03. The van der Waals surface area contributed by atoms with E-state index in [1.807, 2.05) is 0 Å². The molecule has 0 unspecified atom stereocenters. The van der Waals surface area contributed by atoms with Gasteiger partial charge >= 0.3 is 12.3 Å². The second-order valence-electron chi connectivity index (χ2n) is 1.66. The van der Waals surface area contributed by atoms with Crippen LogP contribution < -0.4 is 0 Å². The summed E-state index contributed by atoms with van der Waals surface area (Å²) in [5, 5.41) is 15.7. The van der Waals surface area contributed by atoms with Gasteiger partial charge in [-0.2, -0.15) is 5.26 Å². The van der Waals surface area contributed by atoms with Gasteiger partial charge in [-0.15, -0.1) is 0 Å². The molecule has 0 aliphatic rings. The number of ether oxygens (including phenoxy) is 2. The van der Waals surface area contributed by atoms with Crippen LogP contribution in [0.4, 0.5) is 9.59 Å². The van der Waals surface area contributed by atoms with E-state index in [1.165, 1.54) is 0 Å². The minimum absolute atomic E-state index is 0.0754. The zero-order valence-corrected chi connectivity index (χ0v) is 6.06. The summed E-state index contributed by atoms with van der Waals surface area (Å²) >= 11 is 0. The Morgan fingerprint density at radius 1 is 1.17 bits per heavy atom. The van der Waals surface area contributed by atoms with Gasteiger partial charge in [0.15, 0.2) is 0 Å². The monoisotopic (exact) mass is 180 g/mol. The third-order valence-corrected chi connectivity index (χ3v) is 0.809. The molecule has 70 valence electrons. The second kappa shape index (κ2) is 6.23. The van der Waals surface area contributed by atoms with E-state index in [0.717, 1.165) is 0 Å². The molecule has 0 bridgehead atoms. The van der Waals surface area contributed by atoms with Gasteiger partial charge in [0.25, 0.3) is 0 Å². The Morgan fingerprint density at radius 2 is 1.75 bits per heavy atom. The van der Waals surface area contributed by atoms with Crippen molar-refractivity contribution in [3.63, 3.8) is 0 Å². The van der Waals surface area contributed by atoms with Gasteiger partial charge in [-0.1, -0.05) is 0 Å². The van der Waals surface area contributed by atoms with Gasteiger partial charge in [-0.3, -0.25) is 4.89 Å². The van der Waals surface area contributed by atoms with Crippen LogP contribution in [0.5, 0.6) is 0 Å². The average molecular weight is 180 g/mol. The SMILES string of the molecule is O=C(O)OCCCOC(=O)OO. The molecular formula is C5H8O7. The molecule has 7 nitrogen and oxygen atoms in total. The predicted molar refractivity (Wildman–Crippen MR) is 33.7 cm³/mol. The van der Waals surface area contributed by atoms with Gasteiger partial charge in [0, 0.05) is 6.42 Å². The molecule has 7 heteroatoms. The van der Waals surface area contributed by atoms with Crippen molar-refractivity contribution in [3.05, 3.63) is 0 Å². The number of hydrogen-bond donors (Lipinski definition) is 2. The summed E-state index contributed by atoms with van der Waals surface area (Å²) in [6.07, 6.45) is -2.41. The van der Waals surface area contributed by atoms with Crippen LogP contribution in [0.3, 0.4) is 0 Å². The molecule has 0 heterocycles. The second-order valence-corrected chi connectivity index (χ2v) is 1.66. The molecule has 12 heavy (non-hydrogen) atoms. The molecule has 0 spiro atoms. The first kappa shape index (κ1) is 10.5. The molecule has 0 amide bonds. The lowest BCUT2D eigenvalue weighted by atomic mass is 10.5. The summed E-state index contributed by atoms with van der Waals surface area (Å²) in [5.74, 6) is 0. The van der Waals surface area contributed by atoms with Crippen molar-refractivity contribution < 1.29 is 34.3 Å². The third-order valence-electron chi connectivity index (χ3n) is 0.809. The van der Waals surface area contributed by atoms with Crippen molar-refractivity contribution in [3.8, 4) is 0 Å². The fourth-order valence-electron chi connectivity index (χ4n) is 0.400. The summed E-state index contributed by atoms with van der Waals surface area (Å²) < 4.78 is 8.27. The maximum Gasteiger partial charge on any atom is 0.540 e. The molecule has 0 aromatic carbocycles.